The van der Waals surface area contributed by atoms with Crippen molar-refractivity contribution in [1.82, 2.24) is 25.5 Å². The molecule has 28 heavy (non-hydrogen) atoms. The van der Waals surface area contributed by atoms with E-state index in [1.54, 1.807) is 36.4 Å². The molecule has 1 aromatic carbocycles. The van der Waals surface area contributed by atoms with Gasteiger partial charge in [0.25, 0.3) is 5.91 Å². The lowest BCUT2D eigenvalue weighted by Gasteiger charge is -2.29. The van der Waals surface area contributed by atoms with Gasteiger partial charge in [0.2, 0.25) is 5.91 Å². The molecule has 0 saturated heterocycles. The summed E-state index contributed by atoms with van der Waals surface area (Å²) in [5, 5.41) is 13.9. The van der Waals surface area contributed by atoms with Crippen LogP contribution in [0.4, 0.5) is 0 Å². The molecule has 0 bridgehead atoms. The number of benzene rings is 1. The van der Waals surface area contributed by atoms with Crippen LogP contribution in [-0.4, -0.2) is 37.7 Å². The van der Waals surface area contributed by atoms with E-state index < -0.39 is 0 Å². The van der Waals surface area contributed by atoms with Crippen LogP contribution in [0.5, 0.6) is 0 Å². The van der Waals surface area contributed by atoms with Crippen molar-refractivity contribution in [1.29, 1.82) is 0 Å². The highest BCUT2D eigenvalue weighted by Crippen LogP contribution is 2.31. The zero-order valence-corrected chi connectivity index (χ0v) is 15.4. The summed E-state index contributed by atoms with van der Waals surface area (Å²) in [4.78, 5) is 28.8. The molecule has 4 rings (SSSR count). The molecule has 0 radical (unpaired) electrons. The molecule has 2 aromatic rings. The van der Waals surface area contributed by atoms with Crippen molar-refractivity contribution in [3.8, 4) is 5.69 Å². The molecular formula is C20H18N6O2. The maximum absolute atomic E-state index is 12.6. The van der Waals surface area contributed by atoms with Gasteiger partial charge >= 0.3 is 0 Å². The Morgan fingerprint density at radius 1 is 1.29 bits per heavy atom. The summed E-state index contributed by atoms with van der Waals surface area (Å²) in [6.07, 6.45) is 8.63. The van der Waals surface area contributed by atoms with E-state index in [2.05, 4.69) is 39.7 Å². The SMILES string of the molecule is CC(C)C1=CC(=O)NC2=CC(=NC(=O)c3cccc(-n4cnnn4)c3)C=CC21. The van der Waals surface area contributed by atoms with Crippen LogP contribution in [0.25, 0.3) is 5.69 Å². The van der Waals surface area contributed by atoms with E-state index >= 15 is 0 Å². The van der Waals surface area contributed by atoms with Gasteiger partial charge in [-0.05, 0) is 52.3 Å². The van der Waals surface area contributed by atoms with Gasteiger partial charge in [-0.3, -0.25) is 9.59 Å². The largest absolute Gasteiger partial charge is 0.325 e. The minimum absolute atomic E-state index is 0.00916. The Balaban J connectivity index is 1.60. The molecule has 140 valence electrons. The number of tetrazole rings is 1. The average Bonchev–Trinajstić information content (AvgIpc) is 3.22. The maximum Gasteiger partial charge on any atom is 0.277 e. The Bertz CT molecular complexity index is 1060. The van der Waals surface area contributed by atoms with Crippen LogP contribution in [-0.2, 0) is 4.79 Å². The molecule has 1 unspecified atom stereocenters. The highest BCUT2D eigenvalue weighted by atomic mass is 16.2. The first kappa shape index (κ1) is 17.7. The van der Waals surface area contributed by atoms with Crippen LogP contribution in [0.1, 0.15) is 24.2 Å². The molecule has 2 amide bonds. The fourth-order valence-corrected chi connectivity index (χ4v) is 3.26. The van der Waals surface area contributed by atoms with E-state index in [9.17, 15) is 9.59 Å². The lowest BCUT2D eigenvalue weighted by Crippen LogP contribution is -2.34. The summed E-state index contributed by atoms with van der Waals surface area (Å²) in [6.45, 7) is 4.11. The Labute approximate surface area is 161 Å². The number of hydrogen-bond acceptors (Lipinski definition) is 5. The number of carbonyl (C=O) groups is 2. The molecule has 8 nitrogen and oxygen atoms in total. The number of amides is 2. The molecule has 1 aromatic heterocycles. The minimum atomic E-state index is -0.383. The van der Waals surface area contributed by atoms with Crippen LogP contribution >= 0.6 is 0 Å². The predicted molar refractivity (Wildman–Crippen MR) is 103 cm³/mol. The number of aromatic nitrogens is 4. The lowest BCUT2D eigenvalue weighted by atomic mass is 9.82. The lowest BCUT2D eigenvalue weighted by molar-refractivity contribution is -0.116. The number of carbonyl (C=O) groups excluding carboxylic acids is 2. The van der Waals surface area contributed by atoms with Crippen molar-refractivity contribution in [3.05, 3.63) is 71.7 Å². The van der Waals surface area contributed by atoms with Gasteiger partial charge in [0, 0.05) is 23.3 Å². The summed E-state index contributed by atoms with van der Waals surface area (Å²) in [5.74, 6) is -0.277. The third-order valence-electron chi connectivity index (χ3n) is 4.63. The van der Waals surface area contributed by atoms with E-state index in [0.29, 0.717) is 17.0 Å². The second kappa shape index (κ2) is 7.15. The van der Waals surface area contributed by atoms with Gasteiger partial charge in [0.1, 0.15) is 6.33 Å². The topological polar surface area (TPSA) is 102 Å². The van der Waals surface area contributed by atoms with Crippen LogP contribution in [0.15, 0.2) is 71.2 Å². The number of rotatable bonds is 3. The van der Waals surface area contributed by atoms with Crippen molar-refractivity contribution in [2.75, 3.05) is 0 Å². The Kier molecular flexibility index (Phi) is 4.52. The van der Waals surface area contributed by atoms with Gasteiger partial charge in [-0.15, -0.1) is 5.10 Å². The average molecular weight is 374 g/mol. The van der Waals surface area contributed by atoms with E-state index in [1.807, 2.05) is 12.2 Å². The maximum atomic E-state index is 12.6. The van der Waals surface area contributed by atoms with Crippen LogP contribution in [0, 0.1) is 11.8 Å². The molecule has 8 heteroatoms. The van der Waals surface area contributed by atoms with Crippen molar-refractivity contribution in [2.24, 2.45) is 16.8 Å². The third kappa shape index (κ3) is 3.44. The predicted octanol–water partition coefficient (Wildman–Crippen LogP) is 2.03. The van der Waals surface area contributed by atoms with Crippen molar-refractivity contribution in [3.63, 3.8) is 0 Å². The summed E-state index contributed by atoms with van der Waals surface area (Å²) >= 11 is 0. The van der Waals surface area contributed by atoms with Crippen molar-refractivity contribution < 1.29 is 9.59 Å². The van der Waals surface area contributed by atoms with Gasteiger partial charge in [0.05, 0.1) is 11.4 Å². The van der Waals surface area contributed by atoms with Gasteiger partial charge < -0.3 is 5.32 Å². The molecule has 0 saturated carbocycles. The number of allylic oxidation sites excluding steroid dienone is 3. The van der Waals surface area contributed by atoms with Crippen LogP contribution < -0.4 is 5.32 Å². The van der Waals surface area contributed by atoms with Crippen LogP contribution in [0.2, 0.25) is 0 Å². The fraction of sp³-hybridized carbons (Fsp3) is 0.200. The summed E-state index contributed by atoms with van der Waals surface area (Å²) in [6, 6.07) is 6.90. The highest BCUT2D eigenvalue weighted by Gasteiger charge is 2.27. The summed E-state index contributed by atoms with van der Waals surface area (Å²) in [5.41, 5.74) is 3.37. The molecule has 0 fully saturated rings. The monoisotopic (exact) mass is 374 g/mol. The molecule has 0 spiro atoms. The molecule has 1 N–H and O–H groups in total. The van der Waals surface area contributed by atoms with E-state index in [-0.39, 0.29) is 23.7 Å². The van der Waals surface area contributed by atoms with Gasteiger partial charge in [-0.25, -0.2) is 9.67 Å². The third-order valence-corrected chi connectivity index (χ3v) is 4.63. The molecule has 1 aliphatic heterocycles. The van der Waals surface area contributed by atoms with Crippen molar-refractivity contribution >= 4 is 17.5 Å². The summed E-state index contributed by atoms with van der Waals surface area (Å²) in [7, 11) is 0. The second-order valence-corrected chi connectivity index (χ2v) is 6.87. The van der Waals surface area contributed by atoms with E-state index in [1.165, 1.54) is 11.0 Å². The van der Waals surface area contributed by atoms with Gasteiger partial charge in [0.15, 0.2) is 0 Å². The smallest absolute Gasteiger partial charge is 0.277 e. The number of fused-ring (bicyclic) bond motifs is 1. The van der Waals surface area contributed by atoms with E-state index in [0.717, 1.165) is 11.3 Å². The van der Waals surface area contributed by atoms with Gasteiger partial charge in [-0.2, -0.15) is 0 Å². The first-order valence-electron chi connectivity index (χ1n) is 8.90. The Morgan fingerprint density at radius 2 is 2.14 bits per heavy atom. The Morgan fingerprint density at radius 3 is 2.89 bits per heavy atom. The normalized spacial score (nSPS) is 19.9. The van der Waals surface area contributed by atoms with E-state index in [4.69, 9.17) is 0 Å². The zero-order valence-electron chi connectivity index (χ0n) is 15.4. The standard InChI is InChI=1S/C20H18N6O2/c1-12(2)17-10-19(27)23-18-9-14(6-7-16(17)18)22-20(28)13-4-3-5-15(8-13)26-11-21-24-25-26/h3-12,16H,1-2H3,(H,23,27). The molecule has 1 atom stereocenters. The number of nitrogens with one attached hydrogen (secondary N) is 1. The molecule has 2 heterocycles. The molecule has 1 aliphatic carbocycles. The zero-order chi connectivity index (χ0) is 19.7. The van der Waals surface area contributed by atoms with Crippen molar-refractivity contribution in [2.45, 2.75) is 13.8 Å². The highest BCUT2D eigenvalue weighted by molar-refractivity contribution is 6.14. The Hall–Kier alpha value is -3.68. The second-order valence-electron chi connectivity index (χ2n) is 6.87. The number of aliphatic imine (C=N–C) groups is 1. The van der Waals surface area contributed by atoms with Gasteiger partial charge in [-0.1, -0.05) is 26.0 Å². The summed E-state index contributed by atoms with van der Waals surface area (Å²) < 4.78 is 1.47. The molecule has 2 aliphatic rings. The van der Waals surface area contributed by atoms with Crippen LogP contribution in [0.3, 0.4) is 0 Å². The first-order chi connectivity index (χ1) is 13.5. The molecular weight excluding hydrogens is 356 g/mol. The fourth-order valence-electron chi connectivity index (χ4n) is 3.26. The quantitative estimate of drug-likeness (QED) is 0.886. The first-order valence-corrected chi connectivity index (χ1v) is 8.90. The minimum Gasteiger partial charge on any atom is -0.325 e. The number of nitrogens with zero attached hydrogens (tertiary/aromatic N) is 5. The number of hydrogen-bond donors (Lipinski definition) is 1.